The number of methoxy groups -OCH3 is 1. The predicted molar refractivity (Wildman–Crippen MR) is 207 cm³/mol. The molecule has 1 aliphatic carbocycles. The molecule has 2 aliphatic heterocycles. The molecule has 7 atom stereocenters. The van der Waals surface area contributed by atoms with Crippen molar-refractivity contribution in [2.45, 2.75) is 115 Å². The van der Waals surface area contributed by atoms with Crippen molar-refractivity contribution in [3.05, 3.63) is 42.6 Å². The number of alkyl carbamates (subject to hydrolysis) is 1. The third-order valence-corrected chi connectivity index (χ3v) is 12.4. The minimum Gasteiger partial charge on any atom is -0.496 e. The van der Waals surface area contributed by atoms with E-state index in [0.717, 1.165) is 47.8 Å². The van der Waals surface area contributed by atoms with Gasteiger partial charge < -0.3 is 30.0 Å². The summed E-state index contributed by atoms with van der Waals surface area (Å²) in [6.45, 7) is 13.4. The molecule has 55 heavy (non-hydrogen) atoms. The summed E-state index contributed by atoms with van der Waals surface area (Å²) < 4.78 is 45.5. The molecule has 3 amide bonds. The first-order chi connectivity index (χ1) is 25.9. The number of fused-ring (bicyclic) bond motifs is 3. The molecule has 0 radical (unpaired) electrons. The highest BCUT2D eigenvalue weighted by Gasteiger charge is 2.48. The number of ether oxygens (including phenoxy) is 3. The Kier molecular flexibility index (Phi) is 12.7. The van der Waals surface area contributed by atoms with Gasteiger partial charge in [-0.3, -0.25) is 19.2 Å². The Balaban J connectivity index is 1.53. The van der Waals surface area contributed by atoms with Crippen molar-refractivity contribution in [2.75, 3.05) is 20.3 Å². The molecule has 1 aromatic carbocycles. The molecule has 3 heterocycles. The van der Waals surface area contributed by atoms with Gasteiger partial charge in [-0.1, -0.05) is 53.0 Å². The molecule has 1 aromatic heterocycles. The third kappa shape index (κ3) is 10.1. The highest BCUT2D eigenvalue weighted by Crippen LogP contribution is 2.36. The monoisotopic (exact) mass is 781 g/mol. The van der Waals surface area contributed by atoms with E-state index in [-0.39, 0.29) is 25.0 Å². The van der Waals surface area contributed by atoms with Gasteiger partial charge in [-0.25, -0.2) is 18.2 Å². The van der Waals surface area contributed by atoms with Crippen LogP contribution in [0.3, 0.4) is 0 Å². The number of aryl methyl sites for hydroxylation is 1. The smallest absolute Gasteiger partial charge is 0.407 e. The van der Waals surface area contributed by atoms with E-state index in [1.807, 2.05) is 52.8 Å². The lowest BCUT2D eigenvalue weighted by atomic mass is 9.85. The van der Waals surface area contributed by atoms with Crippen molar-refractivity contribution < 1.29 is 42.1 Å². The van der Waals surface area contributed by atoms with Crippen molar-refractivity contribution >= 4 is 38.7 Å². The first-order valence-electron chi connectivity index (χ1n) is 18.8. The average molecular weight is 782 g/mol. The topological polar surface area (TPSA) is 185 Å². The molecule has 300 valence electrons. The number of terminal acetylenes is 1. The molecule has 1 saturated heterocycles. The van der Waals surface area contributed by atoms with E-state index in [9.17, 15) is 27.9 Å². The minimum atomic E-state index is -3.97. The number of nitrogens with one attached hydrogen (secondary N) is 3. The lowest BCUT2D eigenvalue weighted by molar-refractivity contribution is -0.135. The Morgan fingerprint density at radius 3 is 2.62 bits per heavy atom. The van der Waals surface area contributed by atoms with Crippen LogP contribution in [0, 0.1) is 29.1 Å². The highest BCUT2D eigenvalue weighted by molar-refractivity contribution is 7.90. The van der Waals surface area contributed by atoms with Gasteiger partial charge in [-0.05, 0) is 72.1 Å². The number of aliphatic hydroxyl groups is 1. The standard InChI is InChI=1S/C40H55N5O9S/c1-9-24(10-2)32(35(47)44-55(50,51)28-14-15-28)42-34(46)30-21-27-22-45(30)37(48)33(39(3,4)5)43-38(49)53-23-40(6,7)17-12-11-13-26-19-29-25(20-31(26)52-8)16-18-41-36(29)54-27/h1,10,16,18-20,24,27-28,30,32-33,37,48H,2,11-15,17,21-23H2,3-8H3,(H,42,46)(H,43,49)(H,44,47)/t24-,27+,30-,32?,33+,37?/m0/s1. The second kappa shape index (κ2) is 16.8. The first kappa shape index (κ1) is 41.8. The summed E-state index contributed by atoms with van der Waals surface area (Å²) in [4.78, 5) is 47.2. The number of amides is 3. The molecule has 4 N–H and O–H groups in total. The van der Waals surface area contributed by atoms with Crippen molar-refractivity contribution in [1.82, 2.24) is 25.2 Å². The molecule has 15 heteroatoms. The zero-order valence-electron chi connectivity index (χ0n) is 32.6. The van der Waals surface area contributed by atoms with Crippen LogP contribution in [0.15, 0.2) is 37.1 Å². The van der Waals surface area contributed by atoms with Gasteiger partial charge in [0.2, 0.25) is 21.8 Å². The van der Waals surface area contributed by atoms with Crippen molar-refractivity contribution in [1.29, 1.82) is 0 Å². The fraction of sp³-hybridized carbons (Fsp3) is 0.600. The molecule has 1 saturated carbocycles. The number of hydrogen-bond donors (Lipinski definition) is 4. The zero-order valence-corrected chi connectivity index (χ0v) is 33.4. The summed E-state index contributed by atoms with van der Waals surface area (Å²) in [6, 6.07) is 2.25. The molecule has 4 bridgehead atoms. The number of aromatic nitrogens is 1. The Morgan fingerprint density at radius 1 is 1.25 bits per heavy atom. The number of hydrogen-bond acceptors (Lipinski definition) is 11. The Morgan fingerprint density at radius 2 is 1.98 bits per heavy atom. The van der Waals surface area contributed by atoms with E-state index in [0.29, 0.717) is 18.7 Å². The van der Waals surface area contributed by atoms with Crippen LogP contribution in [0.2, 0.25) is 0 Å². The van der Waals surface area contributed by atoms with E-state index >= 15 is 0 Å². The van der Waals surface area contributed by atoms with Crippen molar-refractivity contribution in [3.63, 3.8) is 0 Å². The van der Waals surface area contributed by atoms with Gasteiger partial charge in [0.05, 0.1) is 37.0 Å². The SMILES string of the molecule is C#C[C@@H](C=C)C(NC(=O)[C@@H]1C[C@@H]2CN1C(O)[C@H](C(C)(C)C)NC(=O)OCC(C)(C)CCCCc1cc3c(nccc3cc1OC)O2)C(=O)NS(=O)(=O)C1CC1. The lowest BCUT2D eigenvalue weighted by Gasteiger charge is -2.40. The summed E-state index contributed by atoms with van der Waals surface area (Å²) in [5.74, 6) is 0.696. The Bertz CT molecular complexity index is 1920. The van der Waals surface area contributed by atoms with Crippen LogP contribution in [0.5, 0.6) is 11.6 Å². The van der Waals surface area contributed by atoms with E-state index < -0.39 is 75.0 Å². The van der Waals surface area contributed by atoms with Gasteiger partial charge in [-0.15, -0.1) is 13.0 Å². The fourth-order valence-corrected chi connectivity index (χ4v) is 8.53. The molecule has 14 nitrogen and oxygen atoms in total. The number of carbonyl (C=O) groups is 3. The maximum absolute atomic E-state index is 14.3. The van der Waals surface area contributed by atoms with Crippen LogP contribution in [-0.2, 0) is 30.8 Å². The molecule has 5 rings (SSSR count). The summed E-state index contributed by atoms with van der Waals surface area (Å²) in [5, 5.41) is 18.5. The predicted octanol–water partition coefficient (Wildman–Crippen LogP) is 3.81. The van der Waals surface area contributed by atoms with E-state index in [1.165, 1.54) is 11.0 Å². The normalized spacial score (nSPS) is 26.0. The van der Waals surface area contributed by atoms with Crippen LogP contribution >= 0.6 is 0 Å². The number of pyridine rings is 1. The number of carbonyl (C=O) groups excluding carboxylic acids is 3. The van der Waals surface area contributed by atoms with Crippen LogP contribution in [0.4, 0.5) is 4.79 Å². The molecule has 2 fully saturated rings. The van der Waals surface area contributed by atoms with Gasteiger partial charge >= 0.3 is 6.09 Å². The lowest BCUT2D eigenvalue weighted by Crippen LogP contribution is -2.61. The number of aliphatic hydroxyl groups excluding tert-OH is 1. The van der Waals surface area contributed by atoms with E-state index in [2.05, 4.69) is 32.8 Å². The average Bonchev–Trinajstić information content (AvgIpc) is 3.91. The van der Waals surface area contributed by atoms with Gasteiger partial charge in [0, 0.05) is 24.5 Å². The van der Waals surface area contributed by atoms with Crippen molar-refractivity contribution in [2.24, 2.45) is 16.7 Å². The molecular formula is C40H55N5O9S. The van der Waals surface area contributed by atoms with Crippen LogP contribution in [0.1, 0.15) is 78.7 Å². The van der Waals surface area contributed by atoms with Crippen LogP contribution in [0.25, 0.3) is 10.8 Å². The quantitative estimate of drug-likeness (QED) is 0.226. The number of sulfonamides is 1. The first-order valence-corrected chi connectivity index (χ1v) is 20.4. The second-order valence-corrected chi connectivity index (χ2v) is 18.6. The number of nitrogens with zero attached hydrogens (tertiary/aromatic N) is 2. The number of cyclic esters (lactones) is 1. The van der Waals surface area contributed by atoms with Gasteiger partial charge in [-0.2, -0.15) is 0 Å². The molecule has 2 aromatic rings. The van der Waals surface area contributed by atoms with Crippen LogP contribution < -0.4 is 24.8 Å². The third-order valence-electron chi connectivity index (χ3n) is 10.6. The molecule has 0 spiro atoms. The number of rotatable bonds is 8. The molecular weight excluding hydrogens is 727 g/mol. The van der Waals surface area contributed by atoms with Crippen molar-refractivity contribution in [3.8, 4) is 24.0 Å². The van der Waals surface area contributed by atoms with E-state index in [4.69, 9.17) is 20.6 Å². The maximum atomic E-state index is 14.3. The summed E-state index contributed by atoms with van der Waals surface area (Å²) >= 11 is 0. The van der Waals surface area contributed by atoms with Crippen LogP contribution in [-0.4, -0.2) is 97.3 Å². The highest BCUT2D eigenvalue weighted by atomic mass is 32.2. The summed E-state index contributed by atoms with van der Waals surface area (Å²) in [5.41, 5.74) is -0.0927. The fourth-order valence-electron chi connectivity index (χ4n) is 7.20. The largest absolute Gasteiger partial charge is 0.496 e. The van der Waals surface area contributed by atoms with Gasteiger partial charge in [0.15, 0.2) is 0 Å². The van der Waals surface area contributed by atoms with Gasteiger partial charge in [0.1, 0.15) is 24.1 Å². The summed E-state index contributed by atoms with van der Waals surface area (Å²) in [6.07, 6.45) is 9.89. The summed E-state index contributed by atoms with van der Waals surface area (Å²) in [7, 11) is -2.34. The van der Waals surface area contributed by atoms with E-state index in [1.54, 1.807) is 13.3 Å². The second-order valence-electron chi connectivity index (χ2n) is 16.7. The maximum Gasteiger partial charge on any atom is 0.407 e. The zero-order chi connectivity index (χ0) is 40.3. The van der Waals surface area contributed by atoms with Gasteiger partial charge in [0.25, 0.3) is 5.91 Å². The minimum absolute atomic E-state index is 0.0175. The molecule has 3 aliphatic rings. The molecule has 3 unspecified atom stereocenters. The Hall–Kier alpha value is -4.39. The Labute approximate surface area is 324 Å². The number of benzene rings is 1.